The number of rotatable bonds is 7. The molecule has 0 fully saturated rings. The van der Waals surface area contributed by atoms with Crippen LogP contribution in [0, 0.1) is 0 Å². The number of halogens is 1. The van der Waals surface area contributed by atoms with Gasteiger partial charge in [-0.3, -0.25) is 0 Å². The Morgan fingerprint density at radius 2 is 2.20 bits per heavy atom. The first-order valence-corrected chi connectivity index (χ1v) is 6.07. The molecule has 0 aliphatic carbocycles. The minimum absolute atomic E-state index is 0.327. The van der Waals surface area contributed by atoms with Crippen molar-refractivity contribution in [2.45, 2.75) is 45.1 Å². The fourth-order valence-corrected chi connectivity index (χ4v) is 2.03. The number of furan rings is 1. The van der Waals surface area contributed by atoms with Gasteiger partial charge in [0.25, 0.3) is 0 Å². The van der Waals surface area contributed by atoms with Crippen LogP contribution < -0.4 is 5.32 Å². The lowest BCUT2D eigenvalue weighted by molar-refractivity contribution is 0.495. The topological polar surface area (TPSA) is 25.2 Å². The minimum Gasteiger partial charge on any atom is -0.453 e. The van der Waals surface area contributed by atoms with E-state index in [0.29, 0.717) is 11.3 Å². The van der Waals surface area contributed by atoms with Crippen molar-refractivity contribution in [1.82, 2.24) is 5.32 Å². The van der Waals surface area contributed by atoms with E-state index in [1.165, 1.54) is 25.7 Å². The Bertz CT molecular complexity index is 272. The Morgan fingerprint density at radius 3 is 2.73 bits per heavy atom. The molecule has 1 N–H and O–H groups in total. The third-order valence-electron chi connectivity index (χ3n) is 2.72. The summed E-state index contributed by atoms with van der Waals surface area (Å²) in [6.45, 7) is 2.22. The van der Waals surface area contributed by atoms with Gasteiger partial charge in [0.1, 0.15) is 0 Å². The van der Waals surface area contributed by atoms with Gasteiger partial charge in [-0.1, -0.05) is 32.6 Å². The van der Waals surface area contributed by atoms with Gasteiger partial charge in [0.15, 0.2) is 5.22 Å². The van der Waals surface area contributed by atoms with Crippen LogP contribution in [0.1, 0.15) is 50.6 Å². The fraction of sp³-hybridized carbons (Fsp3) is 0.667. The van der Waals surface area contributed by atoms with Crippen molar-refractivity contribution in [2.75, 3.05) is 7.05 Å². The Morgan fingerprint density at radius 1 is 1.40 bits per heavy atom. The van der Waals surface area contributed by atoms with Gasteiger partial charge in [0, 0.05) is 11.6 Å². The average Bonchev–Trinajstić information content (AvgIpc) is 2.65. The normalized spacial score (nSPS) is 13.0. The first-order valence-electron chi connectivity index (χ1n) is 5.69. The maximum atomic E-state index is 5.95. The summed E-state index contributed by atoms with van der Waals surface area (Å²) in [6.07, 6.45) is 7.89. The molecule has 1 aromatic heterocycles. The average molecular weight is 230 g/mol. The van der Waals surface area contributed by atoms with E-state index in [9.17, 15) is 0 Å². The molecule has 86 valence electrons. The van der Waals surface area contributed by atoms with Crippen LogP contribution in [0.4, 0.5) is 0 Å². The molecule has 1 rings (SSSR count). The van der Waals surface area contributed by atoms with Crippen LogP contribution in [0.5, 0.6) is 0 Å². The molecule has 0 saturated heterocycles. The molecule has 1 unspecified atom stereocenters. The second-order valence-corrected chi connectivity index (χ2v) is 4.18. The summed E-state index contributed by atoms with van der Waals surface area (Å²) in [5.74, 6) is 0. The summed E-state index contributed by atoms with van der Waals surface area (Å²) in [4.78, 5) is 0. The van der Waals surface area contributed by atoms with Gasteiger partial charge in [-0.05, 0) is 31.1 Å². The van der Waals surface area contributed by atoms with Crippen LogP contribution in [0.25, 0.3) is 0 Å². The number of unbranched alkanes of at least 4 members (excludes halogenated alkanes) is 3. The van der Waals surface area contributed by atoms with Crippen LogP contribution in [-0.2, 0) is 0 Å². The Hall–Kier alpha value is -0.470. The second-order valence-electron chi connectivity index (χ2n) is 3.84. The van der Waals surface area contributed by atoms with Gasteiger partial charge in [0.05, 0.1) is 6.26 Å². The smallest absolute Gasteiger partial charge is 0.197 e. The zero-order valence-corrected chi connectivity index (χ0v) is 10.3. The Kier molecular flexibility index (Phi) is 5.81. The molecular formula is C12H20ClNO. The van der Waals surface area contributed by atoms with Crippen molar-refractivity contribution < 1.29 is 4.42 Å². The molecule has 0 spiro atoms. The molecule has 3 heteroatoms. The van der Waals surface area contributed by atoms with Crippen molar-refractivity contribution in [2.24, 2.45) is 0 Å². The zero-order valence-electron chi connectivity index (χ0n) is 9.55. The van der Waals surface area contributed by atoms with Crippen molar-refractivity contribution in [3.8, 4) is 0 Å². The van der Waals surface area contributed by atoms with E-state index in [2.05, 4.69) is 12.2 Å². The molecule has 1 aromatic rings. The molecule has 0 bridgehead atoms. The summed E-state index contributed by atoms with van der Waals surface area (Å²) >= 11 is 5.95. The molecule has 15 heavy (non-hydrogen) atoms. The lowest BCUT2D eigenvalue weighted by Gasteiger charge is -2.14. The van der Waals surface area contributed by atoms with Crippen LogP contribution >= 0.6 is 11.6 Å². The summed E-state index contributed by atoms with van der Waals surface area (Å²) in [5.41, 5.74) is 1.08. The second kappa shape index (κ2) is 6.91. The van der Waals surface area contributed by atoms with Crippen LogP contribution in [0.15, 0.2) is 16.7 Å². The predicted octanol–water partition coefficient (Wildman–Crippen LogP) is 4.16. The molecule has 0 aliphatic heterocycles. The molecule has 0 saturated carbocycles. The summed E-state index contributed by atoms with van der Waals surface area (Å²) < 4.78 is 5.10. The first-order chi connectivity index (χ1) is 7.29. The standard InChI is InChI=1S/C12H20ClNO/c1-3-4-5-6-7-11(14-2)10-8-9-15-12(10)13/h8-9,11,14H,3-7H2,1-2H3. The highest BCUT2D eigenvalue weighted by Crippen LogP contribution is 2.27. The van der Waals surface area contributed by atoms with Gasteiger partial charge in [0.2, 0.25) is 0 Å². The monoisotopic (exact) mass is 229 g/mol. The first kappa shape index (κ1) is 12.6. The van der Waals surface area contributed by atoms with Gasteiger partial charge in [-0.15, -0.1) is 0 Å². The van der Waals surface area contributed by atoms with E-state index in [0.717, 1.165) is 12.0 Å². The van der Waals surface area contributed by atoms with Gasteiger partial charge in [-0.25, -0.2) is 0 Å². The SMILES string of the molecule is CCCCCCC(NC)c1ccoc1Cl. The number of nitrogens with one attached hydrogen (secondary N) is 1. The van der Waals surface area contributed by atoms with Gasteiger partial charge < -0.3 is 9.73 Å². The number of hydrogen-bond acceptors (Lipinski definition) is 2. The molecule has 2 nitrogen and oxygen atoms in total. The van der Waals surface area contributed by atoms with E-state index in [-0.39, 0.29) is 0 Å². The van der Waals surface area contributed by atoms with Crippen LogP contribution in [0.3, 0.4) is 0 Å². The van der Waals surface area contributed by atoms with Crippen molar-refractivity contribution in [1.29, 1.82) is 0 Å². The Labute approximate surface area is 97.0 Å². The van der Waals surface area contributed by atoms with Crippen molar-refractivity contribution in [3.05, 3.63) is 23.1 Å². The molecular weight excluding hydrogens is 210 g/mol. The highest BCUT2D eigenvalue weighted by molar-refractivity contribution is 6.29. The van der Waals surface area contributed by atoms with Crippen molar-refractivity contribution >= 4 is 11.6 Å². The maximum absolute atomic E-state index is 5.95. The zero-order chi connectivity index (χ0) is 11.1. The molecule has 0 aliphatic rings. The Balaban J connectivity index is 2.39. The predicted molar refractivity (Wildman–Crippen MR) is 64.3 cm³/mol. The van der Waals surface area contributed by atoms with E-state index < -0.39 is 0 Å². The van der Waals surface area contributed by atoms with Crippen molar-refractivity contribution in [3.63, 3.8) is 0 Å². The molecule has 0 amide bonds. The van der Waals surface area contributed by atoms with Crippen LogP contribution in [0.2, 0.25) is 5.22 Å². The van der Waals surface area contributed by atoms with E-state index in [1.54, 1.807) is 6.26 Å². The largest absolute Gasteiger partial charge is 0.453 e. The molecule has 1 heterocycles. The van der Waals surface area contributed by atoms with E-state index in [4.69, 9.17) is 16.0 Å². The molecule has 1 atom stereocenters. The maximum Gasteiger partial charge on any atom is 0.197 e. The lowest BCUT2D eigenvalue weighted by Crippen LogP contribution is -2.15. The third-order valence-corrected chi connectivity index (χ3v) is 3.02. The molecule has 0 aromatic carbocycles. The molecule has 0 radical (unpaired) electrons. The summed E-state index contributed by atoms with van der Waals surface area (Å²) in [7, 11) is 1.97. The summed E-state index contributed by atoms with van der Waals surface area (Å²) in [6, 6.07) is 2.27. The quantitative estimate of drug-likeness (QED) is 0.711. The van der Waals surface area contributed by atoms with Gasteiger partial charge >= 0.3 is 0 Å². The summed E-state index contributed by atoms with van der Waals surface area (Å²) in [5, 5.41) is 3.80. The highest BCUT2D eigenvalue weighted by atomic mass is 35.5. The third kappa shape index (κ3) is 3.88. The van der Waals surface area contributed by atoms with E-state index >= 15 is 0 Å². The highest BCUT2D eigenvalue weighted by Gasteiger charge is 2.14. The fourth-order valence-electron chi connectivity index (χ4n) is 1.78. The van der Waals surface area contributed by atoms with Crippen LogP contribution in [-0.4, -0.2) is 7.05 Å². The minimum atomic E-state index is 0.327. The van der Waals surface area contributed by atoms with E-state index in [1.807, 2.05) is 13.1 Å². The lowest BCUT2D eigenvalue weighted by atomic mass is 10.0. The van der Waals surface area contributed by atoms with Gasteiger partial charge in [-0.2, -0.15) is 0 Å². The number of hydrogen-bond donors (Lipinski definition) is 1.